The van der Waals surface area contributed by atoms with E-state index in [-0.39, 0.29) is 42.2 Å². The number of nitrogens with zero attached hydrogens (tertiary/aromatic N) is 1. The maximum absolute atomic E-state index is 13.6. The Morgan fingerprint density at radius 1 is 1.20 bits per heavy atom. The Balaban J connectivity index is 1.67. The second-order valence-electron chi connectivity index (χ2n) is 5.79. The van der Waals surface area contributed by atoms with Crippen molar-refractivity contribution in [2.45, 2.75) is 13.0 Å². The number of benzene rings is 2. The molecule has 0 aromatic heterocycles. The predicted molar refractivity (Wildman–Crippen MR) is 95.2 cm³/mol. The topological polar surface area (TPSA) is 49.4 Å². The highest BCUT2D eigenvalue weighted by Gasteiger charge is 2.36. The third-order valence-electron chi connectivity index (χ3n) is 4.13. The summed E-state index contributed by atoms with van der Waals surface area (Å²) >= 11 is 12.1. The van der Waals surface area contributed by atoms with E-state index < -0.39 is 5.92 Å². The van der Waals surface area contributed by atoms with E-state index in [1.807, 2.05) is 0 Å². The monoisotopic (exact) mass is 380 g/mol. The highest BCUT2D eigenvalue weighted by Crippen LogP contribution is 2.35. The molecule has 1 unspecified atom stereocenters. The summed E-state index contributed by atoms with van der Waals surface area (Å²) < 4.78 is 13.6. The minimum Gasteiger partial charge on any atom is -0.352 e. The normalized spacial score (nSPS) is 17.0. The Hall–Kier alpha value is -2.11. The number of hydrogen-bond acceptors (Lipinski definition) is 2. The molecule has 4 nitrogen and oxygen atoms in total. The van der Waals surface area contributed by atoms with Crippen LogP contribution in [0, 0.1) is 11.7 Å². The minimum absolute atomic E-state index is 0.0753. The molecular formula is C18H15Cl2FN2O2. The van der Waals surface area contributed by atoms with Gasteiger partial charge in [0.1, 0.15) is 5.82 Å². The molecule has 25 heavy (non-hydrogen) atoms. The minimum atomic E-state index is -0.519. The molecule has 0 saturated carbocycles. The van der Waals surface area contributed by atoms with Gasteiger partial charge >= 0.3 is 0 Å². The van der Waals surface area contributed by atoms with E-state index in [0.717, 1.165) is 0 Å². The van der Waals surface area contributed by atoms with Gasteiger partial charge < -0.3 is 10.2 Å². The molecule has 1 N–H and O–H groups in total. The Labute approximate surface area is 154 Å². The fourth-order valence-corrected chi connectivity index (χ4v) is 3.18. The lowest BCUT2D eigenvalue weighted by Gasteiger charge is -2.18. The highest BCUT2D eigenvalue weighted by molar-refractivity contribution is 6.44. The van der Waals surface area contributed by atoms with E-state index in [2.05, 4.69) is 5.32 Å². The van der Waals surface area contributed by atoms with Gasteiger partial charge in [-0.25, -0.2) is 4.39 Å². The Morgan fingerprint density at radius 3 is 2.72 bits per heavy atom. The molecule has 1 atom stereocenters. The van der Waals surface area contributed by atoms with Crippen LogP contribution in [0.3, 0.4) is 0 Å². The van der Waals surface area contributed by atoms with E-state index in [1.165, 1.54) is 11.0 Å². The van der Waals surface area contributed by atoms with Gasteiger partial charge in [-0.2, -0.15) is 0 Å². The summed E-state index contributed by atoms with van der Waals surface area (Å²) in [4.78, 5) is 26.1. The smallest absolute Gasteiger partial charge is 0.227 e. The van der Waals surface area contributed by atoms with Gasteiger partial charge in [0.2, 0.25) is 11.8 Å². The fourth-order valence-electron chi connectivity index (χ4n) is 2.79. The summed E-state index contributed by atoms with van der Waals surface area (Å²) in [6.07, 6.45) is 0.0753. The average Bonchev–Trinajstić information content (AvgIpc) is 2.98. The molecule has 3 rings (SSSR count). The first kappa shape index (κ1) is 17.7. The van der Waals surface area contributed by atoms with Crippen LogP contribution in [0.15, 0.2) is 42.5 Å². The number of rotatable bonds is 4. The number of hydrogen-bond donors (Lipinski definition) is 1. The molecule has 2 aromatic carbocycles. The third kappa shape index (κ3) is 3.78. The molecule has 1 aliphatic heterocycles. The van der Waals surface area contributed by atoms with Crippen molar-refractivity contribution in [2.24, 2.45) is 5.92 Å². The Morgan fingerprint density at radius 2 is 1.96 bits per heavy atom. The number of amides is 2. The van der Waals surface area contributed by atoms with Crippen molar-refractivity contribution < 1.29 is 14.0 Å². The molecule has 7 heteroatoms. The van der Waals surface area contributed by atoms with E-state index in [1.54, 1.807) is 36.4 Å². The third-order valence-corrected chi connectivity index (χ3v) is 4.94. The zero-order valence-electron chi connectivity index (χ0n) is 13.1. The van der Waals surface area contributed by atoms with Crippen LogP contribution >= 0.6 is 23.2 Å². The van der Waals surface area contributed by atoms with Gasteiger partial charge in [0.15, 0.2) is 0 Å². The molecule has 130 valence electrons. The van der Waals surface area contributed by atoms with Crippen LogP contribution in [0.4, 0.5) is 10.1 Å². The van der Waals surface area contributed by atoms with E-state index in [9.17, 15) is 14.0 Å². The van der Waals surface area contributed by atoms with Crippen molar-refractivity contribution in [3.05, 3.63) is 63.9 Å². The summed E-state index contributed by atoms with van der Waals surface area (Å²) in [6, 6.07) is 11.2. The van der Waals surface area contributed by atoms with E-state index in [4.69, 9.17) is 23.2 Å². The first-order valence-electron chi connectivity index (χ1n) is 7.73. The maximum Gasteiger partial charge on any atom is 0.227 e. The molecular weight excluding hydrogens is 366 g/mol. The van der Waals surface area contributed by atoms with Crippen molar-refractivity contribution >= 4 is 40.7 Å². The van der Waals surface area contributed by atoms with Gasteiger partial charge in [0.05, 0.1) is 21.7 Å². The summed E-state index contributed by atoms with van der Waals surface area (Å²) in [6.45, 7) is 0.288. The molecule has 0 radical (unpaired) electrons. The van der Waals surface area contributed by atoms with Crippen LogP contribution in [0.1, 0.15) is 12.0 Å². The molecule has 1 fully saturated rings. The van der Waals surface area contributed by atoms with Crippen LogP contribution < -0.4 is 10.2 Å². The number of halogens is 3. The summed E-state index contributed by atoms with van der Waals surface area (Å²) in [5, 5.41) is 3.31. The standard InChI is InChI=1S/C18H15Cl2FN2O2/c19-13-5-3-7-15(17(13)20)23-10-12(8-16(23)24)18(25)22-9-11-4-1-2-6-14(11)21/h1-7,12H,8-10H2,(H,22,25). The maximum atomic E-state index is 13.6. The van der Waals surface area contributed by atoms with Crippen LogP contribution in [-0.4, -0.2) is 18.4 Å². The van der Waals surface area contributed by atoms with Crippen molar-refractivity contribution in [3.8, 4) is 0 Å². The zero-order chi connectivity index (χ0) is 18.0. The average molecular weight is 381 g/mol. The Bertz CT molecular complexity index is 828. The van der Waals surface area contributed by atoms with Gasteiger partial charge in [-0.3, -0.25) is 9.59 Å². The second-order valence-corrected chi connectivity index (χ2v) is 6.57. The summed E-state index contributed by atoms with van der Waals surface area (Å²) in [5.41, 5.74) is 0.887. The Kier molecular flexibility index (Phi) is 5.25. The molecule has 0 aliphatic carbocycles. The molecule has 2 amide bonds. The van der Waals surface area contributed by atoms with Gasteiger partial charge in [-0.1, -0.05) is 47.5 Å². The SMILES string of the molecule is O=C(NCc1ccccc1F)C1CC(=O)N(c2cccc(Cl)c2Cl)C1. The van der Waals surface area contributed by atoms with Crippen molar-refractivity contribution in [1.82, 2.24) is 5.32 Å². The van der Waals surface area contributed by atoms with Crippen LogP contribution in [0.5, 0.6) is 0 Å². The summed E-state index contributed by atoms with van der Waals surface area (Å²) in [5.74, 6) is -1.39. The molecule has 1 saturated heterocycles. The van der Waals surface area contributed by atoms with Gasteiger partial charge in [0, 0.05) is 25.1 Å². The van der Waals surface area contributed by atoms with Crippen LogP contribution in [0.25, 0.3) is 0 Å². The molecule has 1 aliphatic rings. The lowest BCUT2D eigenvalue weighted by molar-refractivity contribution is -0.126. The van der Waals surface area contributed by atoms with Gasteiger partial charge in [-0.15, -0.1) is 0 Å². The number of carbonyl (C=O) groups excluding carboxylic acids is 2. The first-order valence-corrected chi connectivity index (χ1v) is 8.48. The number of anilines is 1. The molecule has 0 spiro atoms. The predicted octanol–water partition coefficient (Wildman–Crippen LogP) is 3.80. The molecule has 1 heterocycles. The number of carbonyl (C=O) groups is 2. The quantitative estimate of drug-likeness (QED) is 0.876. The number of nitrogens with one attached hydrogen (secondary N) is 1. The van der Waals surface area contributed by atoms with Crippen molar-refractivity contribution in [2.75, 3.05) is 11.4 Å². The van der Waals surface area contributed by atoms with Crippen molar-refractivity contribution in [3.63, 3.8) is 0 Å². The summed E-state index contributed by atoms with van der Waals surface area (Å²) in [7, 11) is 0. The first-order chi connectivity index (χ1) is 12.0. The molecule has 0 bridgehead atoms. The largest absolute Gasteiger partial charge is 0.352 e. The molecule has 2 aromatic rings. The van der Waals surface area contributed by atoms with Gasteiger partial charge in [0.25, 0.3) is 0 Å². The van der Waals surface area contributed by atoms with Crippen molar-refractivity contribution in [1.29, 1.82) is 0 Å². The van der Waals surface area contributed by atoms with E-state index >= 15 is 0 Å². The van der Waals surface area contributed by atoms with E-state index in [0.29, 0.717) is 16.3 Å². The van der Waals surface area contributed by atoms with Crippen LogP contribution in [0.2, 0.25) is 10.0 Å². The fraction of sp³-hybridized carbons (Fsp3) is 0.222. The highest BCUT2D eigenvalue weighted by atomic mass is 35.5. The second kappa shape index (κ2) is 7.42. The lowest BCUT2D eigenvalue weighted by atomic mass is 10.1. The zero-order valence-corrected chi connectivity index (χ0v) is 14.6. The van der Waals surface area contributed by atoms with Gasteiger partial charge in [-0.05, 0) is 18.2 Å². The lowest BCUT2D eigenvalue weighted by Crippen LogP contribution is -2.32. The van der Waals surface area contributed by atoms with Crippen LogP contribution in [-0.2, 0) is 16.1 Å².